The van der Waals surface area contributed by atoms with Gasteiger partial charge in [-0.2, -0.15) is 0 Å². The van der Waals surface area contributed by atoms with Crippen LogP contribution in [0.4, 0.5) is 4.79 Å². The first-order valence-corrected chi connectivity index (χ1v) is 7.79. The lowest BCUT2D eigenvalue weighted by Crippen LogP contribution is -2.43. The third-order valence-electron chi connectivity index (χ3n) is 2.97. The smallest absolute Gasteiger partial charge is 0.408 e. The molecule has 0 aliphatic heterocycles. The molecule has 1 aromatic carbocycles. The number of ether oxygens (including phenoxy) is 1. The molecule has 24 heavy (non-hydrogen) atoms. The number of carboxylic acid groups (broad SMARTS) is 1. The molecule has 5 heteroatoms. The summed E-state index contributed by atoms with van der Waals surface area (Å²) in [5, 5.41) is 11.5. The van der Waals surface area contributed by atoms with Crippen LogP contribution in [0.25, 0.3) is 6.08 Å². The maximum atomic E-state index is 11.6. The Hall–Kier alpha value is -2.56. The van der Waals surface area contributed by atoms with Gasteiger partial charge in [-0.25, -0.2) is 9.59 Å². The standard InChI is InChI=1S/C19H25NO4/c1-14-10-12-15(13-11-14)8-6-5-7-9-16(17(21)22)20-18(23)24-19(2,3)4/h5-8,10-13,16H,9H2,1-4H3,(H,20,23)(H,21,22)/b7-5+,8-6+/t16-/m0/s1. The summed E-state index contributed by atoms with van der Waals surface area (Å²) in [5.74, 6) is -1.10. The molecule has 0 spiro atoms. The van der Waals surface area contributed by atoms with E-state index in [4.69, 9.17) is 9.84 Å². The molecular weight excluding hydrogens is 306 g/mol. The highest BCUT2D eigenvalue weighted by molar-refractivity contribution is 5.80. The number of aliphatic carboxylic acids is 1. The van der Waals surface area contributed by atoms with Gasteiger partial charge in [0.25, 0.3) is 0 Å². The molecule has 0 saturated heterocycles. The van der Waals surface area contributed by atoms with Crippen molar-refractivity contribution in [1.29, 1.82) is 0 Å². The zero-order chi connectivity index (χ0) is 18.2. The zero-order valence-corrected chi connectivity index (χ0v) is 14.6. The Kier molecular flexibility index (Phi) is 7.24. The van der Waals surface area contributed by atoms with Crippen LogP contribution in [0.3, 0.4) is 0 Å². The summed E-state index contributed by atoms with van der Waals surface area (Å²) in [7, 11) is 0. The molecule has 0 heterocycles. The Morgan fingerprint density at radius 3 is 2.38 bits per heavy atom. The van der Waals surface area contributed by atoms with Crippen molar-refractivity contribution in [3.05, 3.63) is 53.6 Å². The number of rotatable bonds is 6. The molecule has 0 aliphatic carbocycles. The van der Waals surface area contributed by atoms with Crippen molar-refractivity contribution in [2.24, 2.45) is 0 Å². The van der Waals surface area contributed by atoms with Gasteiger partial charge in [0.05, 0.1) is 0 Å². The highest BCUT2D eigenvalue weighted by atomic mass is 16.6. The number of alkyl carbamates (subject to hydrolysis) is 1. The van der Waals surface area contributed by atoms with Gasteiger partial charge in [-0.15, -0.1) is 0 Å². The van der Waals surface area contributed by atoms with Crippen molar-refractivity contribution in [1.82, 2.24) is 5.32 Å². The number of nitrogens with one attached hydrogen (secondary N) is 1. The number of allylic oxidation sites excluding steroid dienone is 2. The first-order chi connectivity index (χ1) is 11.2. The third kappa shape index (κ3) is 8.17. The zero-order valence-electron chi connectivity index (χ0n) is 14.6. The quantitative estimate of drug-likeness (QED) is 0.774. The Balaban J connectivity index is 2.52. The van der Waals surface area contributed by atoms with E-state index in [0.717, 1.165) is 5.56 Å². The molecule has 1 aromatic rings. The molecule has 1 atom stereocenters. The van der Waals surface area contributed by atoms with Gasteiger partial charge < -0.3 is 15.2 Å². The second-order valence-electron chi connectivity index (χ2n) is 6.47. The van der Waals surface area contributed by atoms with E-state index in [1.165, 1.54) is 5.56 Å². The average Bonchev–Trinajstić information content (AvgIpc) is 2.45. The van der Waals surface area contributed by atoms with Gasteiger partial charge in [-0.05, 0) is 39.7 Å². The fourth-order valence-corrected chi connectivity index (χ4v) is 1.81. The lowest BCUT2D eigenvalue weighted by atomic mass is 10.1. The molecule has 1 rings (SSSR count). The number of amides is 1. The molecule has 0 fully saturated rings. The van der Waals surface area contributed by atoms with Crippen molar-refractivity contribution in [2.45, 2.75) is 45.8 Å². The van der Waals surface area contributed by atoms with Crippen molar-refractivity contribution in [3.8, 4) is 0 Å². The summed E-state index contributed by atoms with van der Waals surface area (Å²) in [4.78, 5) is 22.8. The Morgan fingerprint density at radius 2 is 1.83 bits per heavy atom. The molecule has 0 saturated carbocycles. The van der Waals surface area contributed by atoms with E-state index in [1.807, 2.05) is 43.3 Å². The van der Waals surface area contributed by atoms with Gasteiger partial charge in [0.2, 0.25) is 0 Å². The van der Waals surface area contributed by atoms with Crippen molar-refractivity contribution >= 4 is 18.1 Å². The predicted molar refractivity (Wildman–Crippen MR) is 94.8 cm³/mol. The Morgan fingerprint density at radius 1 is 1.21 bits per heavy atom. The van der Waals surface area contributed by atoms with Gasteiger partial charge in [0, 0.05) is 0 Å². The van der Waals surface area contributed by atoms with Gasteiger partial charge in [-0.3, -0.25) is 0 Å². The summed E-state index contributed by atoms with van der Waals surface area (Å²) in [6, 6.07) is 7.03. The van der Waals surface area contributed by atoms with Crippen LogP contribution in [0.15, 0.2) is 42.5 Å². The van der Waals surface area contributed by atoms with Crippen LogP contribution in [0, 0.1) is 6.92 Å². The topological polar surface area (TPSA) is 75.6 Å². The van der Waals surface area contributed by atoms with E-state index in [9.17, 15) is 9.59 Å². The maximum Gasteiger partial charge on any atom is 0.408 e. The van der Waals surface area contributed by atoms with Crippen LogP contribution in [0.2, 0.25) is 0 Å². The van der Waals surface area contributed by atoms with Crippen LogP contribution in [-0.2, 0) is 9.53 Å². The number of carboxylic acids is 1. The molecule has 1 amide bonds. The van der Waals surface area contributed by atoms with Crippen molar-refractivity contribution in [3.63, 3.8) is 0 Å². The number of aryl methyl sites for hydroxylation is 1. The van der Waals surface area contributed by atoms with Gasteiger partial charge in [0.1, 0.15) is 11.6 Å². The van der Waals surface area contributed by atoms with Crippen LogP contribution in [-0.4, -0.2) is 28.8 Å². The summed E-state index contributed by atoms with van der Waals surface area (Å²) >= 11 is 0. The minimum absolute atomic E-state index is 0.173. The van der Waals surface area contributed by atoms with Crippen molar-refractivity contribution < 1.29 is 19.4 Å². The molecule has 2 N–H and O–H groups in total. The molecule has 0 radical (unpaired) electrons. The molecule has 0 unspecified atom stereocenters. The third-order valence-corrected chi connectivity index (χ3v) is 2.97. The molecule has 0 aliphatic rings. The number of carbonyl (C=O) groups is 2. The Bertz CT molecular complexity index is 609. The predicted octanol–water partition coefficient (Wildman–Crippen LogP) is 3.93. The van der Waals surface area contributed by atoms with Gasteiger partial charge in [0.15, 0.2) is 0 Å². The number of hydrogen-bond donors (Lipinski definition) is 2. The van der Waals surface area contributed by atoms with E-state index in [2.05, 4.69) is 5.32 Å². The lowest BCUT2D eigenvalue weighted by molar-refractivity contribution is -0.139. The number of benzene rings is 1. The first-order valence-electron chi connectivity index (χ1n) is 7.79. The van der Waals surface area contributed by atoms with Crippen LogP contribution >= 0.6 is 0 Å². The van der Waals surface area contributed by atoms with E-state index in [0.29, 0.717) is 0 Å². The minimum Gasteiger partial charge on any atom is -0.480 e. The summed E-state index contributed by atoms with van der Waals surface area (Å²) in [6.45, 7) is 7.19. The Labute approximate surface area is 143 Å². The lowest BCUT2D eigenvalue weighted by Gasteiger charge is -2.21. The van der Waals surface area contributed by atoms with Crippen LogP contribution in [0.1, 0.15) is 38.3 Å². The fraction of sp³-hybridized carbons (Fsp3) is 0.368. The average molecular weight is 331 g/mol. The molecular formula is C19H25NO4. The second kappa shape index (κ2) is 8.91. The number of hydrogen-bond acceptors (Lipinski definition) is 3. The summed E-state index contributed by atoms with van der Waals surface area (Å²) in [6.07, 6.45) is 6.64. The largest absolute Gasteiger partial charge is 0.480 e. The van der Waals surface area contributed by atoms with Crippen molar-refractivity contribution in [2.75, 3.05) is 0 Å². The monoisotopic (exact) mass is 331 g/mol. The van der Waals surface area contributed by atoms with Crippen LogP contribution < -0.4 is 5.32 Å². The maximum absolute atomic E-state index is 11.6. The molecule has 5 nitrogen and oxygen atoms in total. The summed E-state index contributed by atoms with van der Waals surface area (Å²) < 4.78 is 5.06. The molecule has 0 aromatic heterocycles. The highest BCUT2D eigenvalue weighted by Gasteiger charge is 2.22. The number of carbonyl (C=O) groups excluding carboxylic acids is 1. The minimum atomic E-state index is -1.10. The van der Waals surface area contributed by atoms with Crippen LogP contribution in [0.5, 0.6) is 0 Å². The van der Waals surface area contributed by atoms with Gasteiger partial charge in [-0.1, -0.05) is 54.1 Å². The molecule has 130 valence electrons. The van der Waals surface area contributed by atoms with Gasteiger partial charge >= 0.3 is 12.1 Å². The second-order valence-corrected chi connectivity index (χ2v) is 6.47. The van der Waals surface area contributed by atoms with E-state index in [-0.39, 0.29) is 6.42 Å². The van der Waals surface area contributed by atoms with E-state index >= 15 is 0 Å². The fourth-order valence-electron chi connectivity index (χ4n) is 1.81. The van der Waals surface area contributed by atoms with E-state index in [1.54, 1.807) is 32.9 Å². The highest BCUT2D eigenvalue weighted by Crippen LogP contribution is 2.08. The SMILES string of the molecule is Cc1ccc(/C=C/C=C/C[C@H](NC(=O)OC(C)(C)C)C(=O)O)cc1. The first kappa shape index (κ1) is 19.5. The summed E-state index contributed by atoms with van der Waals surface area (Å²) in [5.41, 5.74) is 1.59. The normalized spacial score (nSPS) is 13.2. The molecule has 0 bridgehead atoms. The van der Waals surface area contributed by atoms with E-state index < -0.39 is 23.7 Å².